The average Bonchev–Trinajstić information content (AvgIpc) is 3.28. The van der Waals surface area contributed by atoms with Gasteiger partial charge in [-0.25, -0.2) is 9.97 Å². The van der Waals surface area contributed by atoms with Crippen LogP contribution in [0.2, 0.25) is 0 Å². The van der Waals surface area contributed by atoms with Gasteiger partial charge in [0.15, 0.2) is 0 Å². The molecule has 0 unspecified atom stereocenters. The molecule has 0 saturated carbocycles. The Labute approximate surface area is 190 Å². The maximum atomic E-state index is 12.1. The van der Waals surface area contributed by atoms with Gasteiger partial charge in [0, 0.05) is 36.6 Å². The van der Waals surface area contributed by atoms with Gasteiger partial charge in [0.2, 0.25) is 11.9 Å². The summed E-state index contributed by atoms with van der Waals surface area (Å²) in [6.45, 7) is 2.96. The van der Waals surface area contributed by atoms with Gasteiger partial charge in [0.25, 0.3) is 5.91 Å². The normalized spacial score (nSPS) is 14.7. The number of nitrogens with two attached hydrogens (primary N) is 1. The summed E-state index contributed by atoms with van der Waals surface area (Å²) in [5.74, 6) is -0.537. The fraction of sp³-hybridized carbons (Fsp3) is 0.318. The minimum Gasteiger partial charge on any atom is -0.368 e. The molecule has 0 radical (unpaired) electrons. The van der Waals surface area contributed by atoms with E-state index in [9.17, 15) is 14.8 Å². The molecule has 0 bridgehead atoms. The van der Waals surface area contributed by atoms with Crippen LogP contribution >= 0.6 is 0 Å². The first-order valence-electron chi connectivity index (χ1n) is 10.6. The Balaban J connectivity index is 1.46. The van der Waals surface area contributed by atoms with Crippen molar-refractivity contribution < 1.29 is 14.8 Å². The molecule has 5 N–H and O–H groups in total. The number of piperidine rings is 1. The zero-order chi connectivity index (χ0) is 23.4. The van der Waals surface area contributed by atoms with Crippen LogP contribution in [0.3, 0.4) is 0 Å². The Morgan fingerprint density at radius 3 is 2.61 bits per heavy atom. The highest BCUT2D eigenvalue weighted by molar-refractivity contribution is 5.96. The summed E-state index contributed by atoms with van der Waals surface area (Å²) in [6.07, 6.45) is 7.05. The zero-order valence-electron chi connectivity index (χ0n) is 18.2. The van der Waals surface area contributed by atoms with Crippen molar-refractivity contribution in [1.29, 1.82) is 0 Å². The predicted octanol–water partition coefficient (Wildman–Crippen LogP) is 1.63. The number of hydrogen-bond acceptors (Lipinski definition) is 8. The van der Waals surface area contributed by atoms with E-state index in [1.165, 1.54) is 5.06 Å². The fourth-order valence-electron chi connectivity index (χ4n) is 3.69. The van der Waals surface area contributed by atoms with Gasteiger partial charge in [-0.05, 0) is 37.5 Å². The molecule has 172 valence electrons. The number of primary amides is 1. The van der Waals surface area contributed by atoms with Crippen LogP contribution in [0.25, 0.3) is 11.3 Å². The summed E-state index contributed by atoms with van der Waals surface area (Å²) in [5.41, 5.74) is 8.71. The molecule has 1 saturated heterocycles. The van der Waals surface area contributed by atoms with Crippen LogP contribution in [0, 0.1) is 6.92 Å². The van der Waals surface area contributed by atoms with Crippen LogP contribution in [0.5, 0.6) is 0 Å². The van der Waals surface area contributed by atoms with Crippen LogP contribution < -0.4 is 16.4 Å². The van der Waals surface area contributed by atoms with Crippen molar-refractivity contribution in [3.63, 3.8) is 0 Å². The van der Waals surface area contributed by atoms with E-state index in [0.717, 1.165) is 35.3 Å². The second-order valence-electron chi connectivity index (χ2n) is 7.97. The molecule has 3 heterocycles. The summed E-state index contributed by atoms with van der Waals surface area (Å²) in [4.78, 5) is 31.9. The quantitative estimate of drug-likeness (QED) is 0.424. The van der Waals surface area contributed by atoms with Gasteiger partial charge in [0.05, 0.1) is 30.2 Å². The van der Waals surface area contributed by atoms with Gasteiger partial charge in [-0.1, -0.05) is 12.1 Å². The van der Waals surface area contributed by atoms with Crippen molar-refractivity contribution in [1.82, 2.24) is 30.1 Å². The third-order valence-corrected chi connectivity index (χ3v) is 5.49. The van der Waals surface area contributed by atoms with E-state index >= 15 is 0 Å². The van der Waals surface area contributed by atoms with Crippen molar-refractivity contribution in [3.8, 4) is 11.3 Å². The second-order valence-corrected chi connectivity index (χ2v) is 7.97. The van der Waals surface area contributed by atoms with Gasteiger partial charge in [0.1, 0.15) is 0 Å². The maximum absolute atomic E-state index is 12.1. The first kappa shape index (κ1) is 22.4. The first-order valence-corrected chi connectivity index (χ1v) is 10.6. The number of anilines is 2. The Morgan fingerprint density at radius 2 is 1.91 bits per heavy atom. The Bertz CT molecular complexity index is 1140. The molecule has 1 aliphatic rings. The molecule has 4 rings (SSSR count). The molecule has 2 aromatic heterocycles. The number of amides is 2. The van der Waals surface area contributed by atoms with E-state index in [0.29, 0.717) is 24.6 Å². The van der Waals surface area contributed by atoms with Crippen LogP contribution in [-0.4, -0.2) is 61.5 Å². The highest BCUT2D eigenvalue weighted by atomic mass is 16.5. The SMILES string of the molecule is Cc1cnc(Nc2cnn(C3CCN(O)CC3)c2)nc1-c1ccc(C(=O)NCC(N)=O)cc1. The molecule has 0 aliphatic carbocycles. The number of nitrogens with one attached hydrogen (secondary N) is 2. The standard InChI is InChI=1S/C22H26N8O3/c1-14-10-25-22(27-17-11-26-30(13-17)18-6-8-29(33)9-7-18)28-20(14)15-2-4-16(5-3-15)21(32)24-12-19(23)31/h2-5,10-11,13,18,33H,6-9,12H2,1H3,(H2,23,31)(H,24,32)(H,25,27,28). The van der Waals surface area contributed by atoms with E-state index in [-0.39, 0.29) is 18.5 Å². The molecule has 0 atom stereocenters. The van der Waals surface area contributed by atoms with Crippen LogP contribution in [-0.2, 0) is 4.79 Å². The van der Waals surface area contributed by atoms with Crippen molar-refractivity contribution >= 4 is 23.5 Å². The third kappa shape index (κ3) is 5.51. The van der Waals surface area contributed by atoms with Crippen molar-refractivity contribution in [2.24, 2.45) is 5.73 Å². The number of nitrogens with zero attached hydrogens (tertiary/aromatic N) is 5. The number of aromatic nitrogens is 4. The molecule has 11 nitrogen and oxygen atoms in total. The topological polar surface area (TPSA) is 151 Å². The Morgan fingerprint density at radius 1 is 1.18 bits per heavy atom. The van der Waals surface area contributed by atoms with Crippen LogP contribution in [0.15, 0.2) is 42.9 Å². The first-order chi connectivity index (χ1) is 15.9. The summed E-state index contributed by atoms with van der Waals surface area (Å²) in [7, 11) is 0. The molecule has 2 amide bonds. The number of carbonyl (C=O) groups is 2. The smallest absolute Gasteiger partial charge is 0.251 e. The van der Waals surface area contributed by atoms with E-state index < -0.39 is 5.91 Å². The molecule has 3 aromatic rings. The monoisotopic (exact) mass is 450 g/mol. The fourth-order valence-corrected chi connectivity index (χ4v) is 3.69. The highest BCUT2D eigenvalue weighted by Gasteiger charge is 2.20. The van der Waals surface area contributed by atoms with Gasteiger partial charge >= 0.3 is 0 Å². The Kier molecular flexibility index (Phi) is 6.61. The van der Waals surface area contributed by atoms with Gasteiger partial charge in [-0.3, -0.25) is 14.3 Å². The molecular formula is C22H26N8O3. The molecule has 1 aliphatic heterocycles. The van der Waals surface area contributed by atoms with E-state index in [1.54, 1.807) is 36.7 Å². The summed E-state index contributed by atoms with van der Waals surface area (Å²) in [5, 5.41) is 21.0. The summed E-state index contributed by atoms with van der Waals surface area (Å²) in [6, 6.07) is 7.18. The summed E-state index contributed by atoms with van der Waals surface area (Å²) >= 11 is 0. The number of aryl methyl sites for hydroxylation is 1. The van der Waals surface area contributed by atoms with Crippen LogP contribution in [0.1, 0.15) is 34.8 Å². The molecule has 11 heteroatoms. The zero-order valence-corrected chi connectivity index (χ0v) is 18.2. The lowest BCUT2D eigenvalue weighted by molar-refractivity contribution is -0.117. The van der Waals surface area contributed by atoms with E-state index in [4.69, 9.17) is 5.73 Å². The van der Waals surface area contributed by atoms with Crippen LogP contribution in [0.4, 0.5) is 11.6 Å². The molecule has 0 spiro atoms. The molecule has 33 heavy (non-hydrogen) atoms. The molecule has 1 fully saturated rings. The second kappa shape index (κ2) is 9.76. The van der Waals surface area contributed by atoms with Gasteiger partial charge < -0.3 is 21.6 Å². The predicted molar refractivity (Wildman–Crippen MR) is 121 cm³/mol. The number of hydroxylamine groups is 2. The Hall–Kier alpha value is -3.83. The van der Waals surface area contributed by atoms with E-state index in [2.05, 4.69) is 25.7 Å². The van der Waals surface area contributed by atoms with E-state index in [1.807, 2.05) is 17.8 Å². The lowest BCUT2D eigenvalue weighted by Gasteiger charge is -2.27. The van der Waals surface area contributed by atoms with Crippen molar-refractivity contribution in [2.45, 2.75) is 25.8 Å². The lowest BCUT2D eigenvalue weighted by Crippen LogP contribution is -2.33. The van der Waals surface area contributed by atoms with Crippen molar-refractivity contribution in [3.05, 3.63) is 54.0 Å². The number of hydrogen-bond donors (Lipinski definition) is 4. The van der Waals surface area contributed by atoms with Gasteiger partial charge in [-0.2, -0.15) is 10.2 Å². The lowest BCUT2D eigenvalue weighted by atomic mass is 10.1. The van der Waals surface area contributed by atoms with Crippen molar-refractivity contribution in [2.75, 3.05) is 25.0 Å². The maximum Gasteiger partial charge on any atom is 0.251 e. The average molecular weight is 451 g/mol. The minimum absolute atomic E-state index is 0.210. The molecular weight excluding hydrogens is 424 g/mol. The van der Waals surface area contributed by atoms with Gasteiger partial charge in [-0.15, -0.1) is 0 Å². The summed E-state index contributed by atoms with van der Waals surface area (Å²) < 4.78 is 1.91. The molecule has 1 aromatic carbocycles. The third-order valence-electron chi connectivity index (χ3n) is 5.49. The number of benzene rings is 1. The number of carbonyl (C=O) groups excluding carboxylic acids is 2. The minimum atomic E-state index is -0.599. The largest absolute Gasteiger partial charge is 0.368 e. The highest BCUT2D eigenvalue weighted by Crippen LogP contribution is 2.25. The number of rotatable bonds is 7.